The molecule has 0 aromatic heterocycles. The number of fused-ring (bicyclic) bond motifs is 1. The number of hydrogen-bond acceptors (Lipinski definition) is 4. The van der Waals surface area contributed by atoms with Gasteiger partial charge in [-0.05, 0) is 71.9 Å². The number of aryl methyl sites for hydroxylation is 1. The largest absolute Gasteiger partial charge is 0.417 e. The summed E-state index contributed by atoms with van der Waals surface area (Å²) < 4.78 is 47.4. The molecule has 0 saturated heterocycles. The van der Waals surface area contributed by atoms with Gasteiger partial charge in [0.15, 0.2) is 0 Å². The minimum absolute atomic E-state index is 0.0395. The van der Waals surface area contributed by atoms with Crippen LogP contribution in [0.1, 0.15) is 55.0 Å². The van der Waals surface area contributed by atoms with Crippen LogP contribution in [0.2, 0.25) is 10.0 Å². The van der Waals surface area contributed by atoms with Crippen molar-refractivity contribution in [2.24, 2.45) is 0 Å². The summed E-state index contributed by atoms with van der Waals surface area (Å²) in [5.41, 5.74) is 0.705. The van der Waals surface area contributed by atoms with Crippen molar-refractivity contribution in [1.82, 2.24) is 5.32 Å². The second-order valence-electron chi connectivity index (χ2n) is 8.65. The van der Waals surface area contributed by atoms with Crippen molar-refractivity contribution in [2.45, 2.75) is 51.4 Å². The fraction of sp³-hybridized carbons (Fsp3) is 0.346. The number of ether oxygens (including phenoxy) is 1. The highest BCUT2D eigenvalue weighted by Gasteiger charge is 2.36. The lowest BCUT2D eigenvalue weighted by molar-refractivity contribution is -0.722. The number of allylic oxidation sites excluding steroid dienone is 2. The summed E-state index contributed by atoms with van der Waals surface area (Å²) in [6, 6.07) is 8.46. The number of benzene rings is 2. The molecule has 198 valence electrons. The molecule has 1 aliphatic carbocycles. The van der Waals surface area contributed by atoms with Gasteiger partial charge < -0.3 is 10.1 Å². The summed E-state index contributed by atoms with van der Waals surface area (Å²) in [4.78, 5) is 28.6. The third-order valence-corrected chi connectivity index (χ3v) is 6.25. The Bertz CT molecular complexity index is 1220. The van der Waals surface area contributed by atoms with E-state index in [1.165, 1.54) is 13.2 Å². The fourth-order valence-corrected chi connectivity index (χ4v) is 4.54. The van der Waals surface area contributed by atoms with Gasteiger partial charge in [0.1, 0.15) is 0 Å². The summed E-state index contributed by atoms with van der Waals surface area (Å²) in [6.07, 6.45) is -2.70. The average molecular weight is 558 g/mol. The molecule has 0 bridgehead atoms. The van der Waals surface area contributed by atoms with Gasteiger partial charge in [0, 0.05) is 30.2 Å². The van der Waals surface area contributed by atoms with E-state index in [0.717, 1.165) is 36.3 Å². The summed E-state index contributed by atoms with van der Waals surface area (Å²) in [6.45, 7) is 2.91. The first kappa shape index (κ1) is 28.7. The SMILES string of the molecule is COC(C)CC(=O)NC1CCc2cc(C(/C=C(/c3cc(Cl)cc(Cl)c3)C(F)(F)F)=[NH+]OC(C)=O)ccc21. The molecule has 11 heteroatoms. The van der Waals surface area contributed by atoms with Gasteiger partial charge in [-0.3, -0.25) is 4.79 Å². The molecule has 0 spiro atoms. The zero-order valence-corrected chi connectivity index (χ0v) is 21.9. The Morgan fingerprint density at radius 2 is 1.84 bits per heavy atom. The van der Waals surface area contributed by atoms with E-state index in [0.29, 0.717) is 18.4 Å². The highest BCUT2D eigenvalue weighted by Crippen LogP contribution is 2.37. The quantitative estimate of drug-likeness (QED) is 0.284. The number of hydrogen-bond donors (Lipinski definition) is 2. The standard InChI is InChI=1S/C26H25Cl2F3N2O4/c1-14(36-3)8-25(35)32-23-7-5-16-9-17(4-6-21(16)23)24(33-37-15(2)34)13-22(26(29,30)31)18-10-19(27)12-20(28)11-18/h4,6,9-14,23H,5,7-8H2,1-3H3,(H,32,35)/p+1/b22-13-,33-24?. The minimum Gasteiger partial charge on any atom is -0.381 e. The van der Waals surface area contributed by atoms with Gasteiger partial charge in [-0.25, -0.2) is 9.63 Å². The smallest absolute Gasteiger partial charge is 0.381 e. The number of alkyl halides is 3. The van der Waals surface area contributed by atoms with Crippen LogP contribution in [0.15, 0.2) is 42.5 Å². The van der Waals surface area contributed by atoms with Crippen molar-refractivity contribution in [3.8, 4) is 0 Å². The van der Waals surface area contributed by atoms with Crippen molar-refractivity contribution in [3.05, 3.63) is 74.8 Å². The topological polar surface area (TPSA) is 78.6 Å². The van der Waals surface area contributed by atoms with Crippen LogP contribution in [-0.2, 0) is 25.6 Å². The van der Waals surface area contributed by atoms with Crippen LogP contribution in [0.5, 0.6) is 0 Å². The molecule has 1 aliphatic rings. The third-order valence-electron chi connectivity index (χ3n) is 5.81. The number of methoxy groups -OCH3 is 1. The molecule has 0 heterocycles. The monoisotopic (exact) mass is 557 g/mol. The first-order chi connectivity index (χ1) is 17.4. The molecule has 0 saturated carbocycles. The maximum atomic E-state index is 14.1. The lowest BCUT2D eigenvalue weighted by atomic mass is 9.98. The number of amides is 1. The van der Waals surface area contributed by atoms with E-state index >= 15 is 0 Å². The predicted molar refractivity (Wildman–Crippen MR) is 134 cm³/mol. The fourth-order valence-electron chi connectivity index (χ4n) is 4.01. The highest BCUT2D eigenvalue weighted by molar-refractivity contribution is 6.35. The van der Waals surface area contributed by atoms with Crippen molar-refractivity contribution in [3.63, 3.8) is 0 Å². The molecule has 6 nitrogen and oxygen atoms in total. The van der Waals surface area contributed by atoms with E-state index in [1.807, 2.05) is 0 Å². The zero-order chi connectivity index (χ0) is 27.3. The van der Waals surface area contributed by atoms with Crippen LogP contribution in [0.25, 0.3) is 5.57 Å². The van der Waals surface area contributed by atoms with E-state index in [-0.39, 0.29) is 45.8 Å². The van der Waals surface area contributed by atoms with Crippen LogP contribution >= 0.6 is 23.2 Å². The number of rotatable bonds is 8. The predicted octanol–water partition coefficient (Wildman–Crippen LogP) is 4.52. The van der Waals surface area contributed by atoms with Crippen LogP contribution in [0, 0.1) is 0 Å². The van der Waals surface area contributed by atoms with E-state index in [9.17, 15) is 22.8 Å². The molecule has 3 rings (SSSR count). The molecule has 0 radical (unpaired) electrons. The van der Waals surface area contributed by atoms with Crippen LogP contribution in [0.3, 0.4) is 0 Å². The molecule has 2 unspecified atom stereocenters. The Morgan fingerprint density at radius 1 is 1.16 bits per heavy atom. The lowest BCUT2D eigenvalue weighted by Crippen LogP contribution is -2.72. The van der Waals surface area contributed by atoms with Crippen LogP contribution in [0.4, 0.5) is 13.2 Å². The molecule has 2 atom stereocenters. The molecule has 37 heavy (non-hydrogen) atoms. The van der Waals surface area contributed by atoms with E-state index in [1.54, 1.807) is 25.1 Å². The molecule has 2 aromatic carbocycles. The molecule has 0 fully saturated rings. The molecule has 0 aliphatic heterocycles. The lowest BCUT2D eigenvalue weighted by Gasteiger charge is -2.16. The molecular weight excluding hydrogens is 532 g/mol. The number of halogens is 5. The van der Waals surface area contributed by atoms with Gasteiger partial charge in [0.25, 0.3) is 5.71 Å². The average Bonchev–Trinajstić information content (AvgIpc) is 3.19. The van der Waals surface area contributed by atoms with Crippen LogP contribution < -0.4 is 10.5 Å². The normalized spacial score (nSPS) is 16.8. The van der Waals surface area contributed by atoms with Crippen molar-refractivity contribution in [1.29, 1.82) is 0 Å². The Hall–Kier alpha value is -2.88. The van der Waals surface area contributed by atoms with E-state index in [4.69, 9.17) is 32.8 Å². The second-order valence-corrected chi connectivity index (χ2v) is 9.52. The first-order valence-electron chi connectivity index (χ1n) is 11.4. The van der Waals surface area contributed by atoms with Gasteiger partial charge in [-0.2, -0.15) is 13.2 Å². The highest BCUT2D eigenvalue weighted by atomic mass is 35.5. The second kappa shape index (κ2) is 12.1. The maximum Gasteiger partial charge on any atom is 0.417 e. The Kier molecular flexibility index (Phi) is 9.39. The number of carbonyl (C=O) groups excluding carboxylic acids is 2. The summed E-state index contributed by atoms with van der Waals surface area (Å²) in [5, 5.41) is 5.40. The van der Waals surface area contributed by atoms with Crippen molar-refractivity contribution >= 4 is 46.4 Å². The van der Waals surface area contributed by atoms with Crippen molar-refractivity contribution < 1.29 is 37.5 Å². The first-order valence-corrected chi connectivity index (χ1v) is 12.1. The maximum absolute atomic E-state index is 14.1. The third kappa shape index (κ3) is 7.80. The minimum atomic E-state index is -4.78. The molecule has 2 N–H and O–H groups in total. The molecule has 2 aromatic rings. The van der Waals surface area contributed by atoms with Crippen LogP contribution in [-0.4, -0.2) is 37.0 Å². The molecule has 1 amide bonds. The summed E-state index contributed by atoms with van der Waals surface area (Å²) in [5.74, 6) is -0.891. The Labute approximate surface area is 222 Å². The summed E-state index contributed by atoms with van der Waals surface area (Å²) >= 11 is 11.9. The number of nitrogens with one attached hydrogen (secondary N) is 2. The zero-order valence-electron chi connectivity index (χ0n) is 20.3. The van der Waals surface area contributed by atoms with E-state index < -0.39 is 17.7 Å². The van der Waals surface area contributed by atoms with Crippen molar-refractivity contribution in [2.75, 3.05) is 7.11 Å². The molecular formula is C26H26Cl2F3N2O4+. The van der Waals surface area contributed by atoms with Gasteiger partial charge >= 0.3 is 12.1 Å². The van der Waals surface area contributed by atoms with Gasteiger partial charge in [0.2, 0.25) is 5.91 Å². The Morgan fingerprint density at radius 3 is 2.43 bits per heavy atom. The number of carbonyl (C=O) groups is 2. The van der Waals surface area contributed by atoms with Gasteiger partial charge in [-0.1, -0.05) is 29.3 Å². The van der Waals surface area contributed by atoms with Gasteiger partial charge in [0.05, 0.1) is 29.7 Å². The van der Waals surface area contributed by atoms with E-state index in [2.05, 4.69) is 10.5 Å². The summed E-state index contributed by atoms with van der Waals surface area (Å²) in [7, 11) is 1.53. The Balaban J connectivity index is 2.00. The van der Waals surface area contributed by atoms with Gasteiger partial charge in [-0.15, -0.1) is 0 Å².